The molecule has 8 heteroatoms. The first-order valence-electron chi connectivity index (χ1n) is 4.59. The van der Waals surface area contributed by atoms with Crippen LogP contribution in [0.3, 0.4) is 0 Å². The van der Waals surface area contributed by atoms with Crippen LogP contribution in [0.2, 0.25) is 0 Å². The van der Waals surface area contributed by atoms with E-state index in [1.165, 1.54) is 12.1 Å². The van der Waals surface area contributed by atoms with Crippen molar-refractivity contribution in [3.63, 3.8) is 0 Å². The fraction of sp³-hybridized carbons (Fsp3) is 0. The van der Waals surface area contributed by atoms with Gasteiger partial charge in [0, 0.05) is 5.56 Å². The topological polar surface area (TPSA) is 97.3 Å². The molecule has 0 fully saturated rings. The number of fused-ring (bicyclic) bond motifs is 1. The molecule has 0 aromatic heterocycles. The van der Waals surface area contributed by atoms with Crippen molar-refractivity contribution in [2.24, 2.45) is 0 Å². The first-order valence-corrected chi connectivity index (χ1v) is 6.00. The molecule has 2 rings (SSSR count). The van der Waals surface area contributed by atoms with E-state index in [0.29, 0.717) is 10.8 Å². The summed E-state index contributed by atoms with van der Waals surface area (Å²) < 4.78 is 32.6. The van der Waals surface area contributed by atoms with Gasteiger partial charge in [0.05, 0.1) is 10.9 Å². The SMILES string of the molecule is O=C([O-])c1cc(S(=O)(=O)[O-])cc2ccccc12.[Na+].[Na+]. The van der Waals surface area contributed by atoms with Gasteiger partial charge in [-0.3, -0.25) is 0 Å². The molecule has 0 aliphatic heterocycles. The summed E-state index contributed by atoms with van der Waals surface area (Å²) in [6, 6.07) is 8.23. The zero-order valence-corrected chi connectivity index (χ0v) is 15.2. The average molecular weight is 296 g/mol. The summed E-state index contributed by atoms with van der Waals surface area (Å²) >= 11 is 0. The second kappa shape index (κ2) is 7.19. The van der Waals surface area contributed by atoms with Crippen molar-refractivity contribution in [3.8, 4) is 0 Å². The molecule has 5 nitrogen and oxygen atoms in total. The zero-order valence-electron chi connectivity index (χ0n) is 10.4. The van der Waals surface area contributed by atoms with Crippen LogP contribution < -0.4 is 64.2 Å². The Hall–Kier alpha value is 0.0800. The van der Waals surface area contributed by atoms with Gasteiger partial charge in [0.2, 0.25) is 0 Å². The van der Waals surface area contributed by atoms with Gasteiger partial charge in [0.15, 0.2) is 0 Å². The van der Waals surface area contributed by atoms with Crippen LogP contribution in [0, 0.1) is 0 Å². The van der Waals surface area contributed by atoms with Crippen LogP contribution in [0.25, 0.3) is 10.8 Å². The molecule has 19 heavy (non-hydrogen) atoms. The van der Waals surface area contributed by atoms with E-state index in [2.05, 4.69) is 0 Å². The maximum absolute atomic E-state index is 10.9. The number of hydrogen-bond donors (Lipinski definition) is 0. The number of rotatable bonds is 2. The number of hydrogen-bond acceptors (Lipinski definition) is 5. The second-order valence-electron chi connectivity index (χ2n) is 3.43. The standard InChI is InChI=1S/C11H8O5S.2Na/c12-11(13)10-6-8(17(14,15)16)5-7-3-1-2-4-9(7)10;;/h1-6H,(H,12,13)(H,14,15,16);;/q;2*+1/p-2. The molecule has 0 saturated carbocycles. The molecule has 0 N–H and O–H groups in total. The summed E-state index contributed by atoms with van der Waals surface area (Å²) in [5.41, 5.74) is -0.308. The second-order valence-corrected chi connectivity index (χ2v) is 4.81. The van der Waals surface area contributed by atoms with E-state index < -0.39 is 21.0 Å². The van der Waals surface area contributed by atoms with Gasteiger partial charge in [0.1, 0.15) is 10.1 Å². The molecular weight excluding hydrogens is 290 g/mol. The zero-order chi connectivity index (χ0) is 12.6. The Balaban J connectivity index is 0.00000162. The molecule has 0 amide bonds. The number of aromatic carboxylic acids is 1. The molecule has 88 valence electrons. The first kappa shape index (κ1) is 19.1. The van der Waals surface area contributed by atoms with Crippen LogP contribution in [0.1, 0.15) is 10.4 Å². The summed E-state index contributed by atoms with van der Waals surface area (Å²) in [5.74, 6) is -1.52. The summed E-state index contributed by atoms with van der Waals surface area (Å²) in [5, 5.41) is 11.6. The smallest absolute Gasteiger partial charge is 0.744 e. The van der Waals surface area contributed by atoms with Gasteiger partial charge in [-0.1, -0.05) is 24.3 Å². The number of carbonyl (C=O) groups excluding carboxylic acids is 1. The maximum atomic E-state index is 10.9. The molecule has 0 atom stereocenters. The van der Waals surface area contributed by atoms with Crippen LogP contribution in [0.15, 0.2) is 41.3 Å². The molecule has 0 aliphatic rings. The van der Waals surface area contributed by atoms with E-state index in [9.17, 15) is 22.9 Å². The van der Waals surface area contributed by atoms with E-state index >= 15 is 0 Å². The third-order valence-electron chi connectivity index (χ3n) is 2.34. The minimum atomic E-state index is -4.69. The summed E-state index contributed by atoms with van der Waals surface area (Å²) in [7, 11) is -4.69. The van der Waals surface area contributed by atoms with E-state index in [4.69, 9.17) is 0 Å². The van der Waals surface area contributed by atoms with Crippen LogP contribution in [0.5, 0.6) is 0 Å². The fourth-order valence-corrected chi connectivity index (χ4v) is 2.13. The van der Waals surface area contributed by atoms with Gasteiger partial charge >= 0.3 is 59.1 Å². The Bertz CT molecular complexity index is 712. The molecule has 0 bridgehead atoms. The Morgan fingerprint density at radius 1 is 1.05 bits per heavy atom. The third-order valence-corrected chi connectivity index (χ3v) is 3.16. The van der Waals surface area contributed by atoms with Gasteiger partial charge in [0.25, 0.3) is 0 Å². The van der Waals surface area contributed by atoms with Crippen molar-refractivity contribution >= 4 is 26.9 Å². The van der Waals surface area contributed by atoms with Gasteiger partial charge < -0.3 is 14.5 Å². The molecule has 2 aromatic carbocycles. The molecule has 0 radical (unpaired) electrons. The number of carboxylic acid groups (broad SMARTS) is 1. The van der Waals surface area contributed by atoms with Crippen LogP contribution in [-0.2, 0) is 10.1 Å². The third kappa shape index (κ3) is 4.27. The largest absolute Gasteiger partial charge is 1.00 e. The Labute approximate surface area is 154 Å². The molecule has 2 aromatic rings. The molecule has 0 unspecified atom stereocenters. The van der Waals surface area contributed by atoms with E-state index in [1.807, 2.05) is 0 Å². The van der Waals surface area contributed by atoms with E-state index in [0.717, 1.165) is 12.1 Å². The Morgan fingerprint density at radius 3 is 2.16 bits per heavy atom. The van der Waals surface area contributed by atoms with Gasteiger partial charge in [-0.05, 0) is 22.9 Å². The predicted molar refractivity (Wildman–Crippen MR) is 56.2 cm³/mol. The number of carboxylic acids is 1. The van der Waals surface area contributed by atoms with Gasteiger partial charge in [-0.15, -0.1) is 0 Å². The van der Waals surface area contributed by atoms with Crippen molar-refractivity contribution in [3.05, 3.63) is 42.0 Å². The molecule has 0 spiro atoms. The maximum Gasteiger partial charge on any atom is 1.00 e. The van der Waals surface area contributed by atoms with Gasteiger partial charge in [-0.2, -0.15) is 0 Å². The van der Waals surface area contributed by atoms with Crippen LogP contribution in [-0.4, -0.2) is 18.9 Å². The quantitative estimate of drug-likeness (QED) is 0.406. The Kier molecular flexibility index (Phi) is 7.22. The summed E-state index contributed by atoms with van der Waals surface area (Å²) in [6.07, 6.45) is 0. The Morgan fingerprint density at radius 2 is 1.63 bits per heavy atom. The summed E-state index contributed by atoms with van der Waals surface area (Å²) in [6.45, 7) is 0. The van der Waals surface area contributed by atoms with Gasteiger partial charge in [-0.25, -0.2) is 8.42 Å². The molecule has 0 saturated heterocycles. The predicted octanol–water partition coefficient (Wildman–Crippen LogP) is -5.88. The van der Waals surface area contributed by atoms with E-state index in [1.54, 1.807) is 12.1 Å². The summed E-state index contributed by atoms with van der Waals surface area (Å²) in [4.78, 5) is 10.3. The van der Waals surface area contributed by atoms with E-state index in [-0.39, 0.29) is 64.7 Å². The monoisotopic (exact) mass is 296 g/mol. The normalized spacial score (nSPS) is 10.4. The molecular formula is C11H6Na2O5S. The molecule has 0 aliphatic carbocycles. The van der Waals surface area contributed by atoms with Crippen molar-refractivity contribution in [1.29, 1.82) is 0 Å². The van der Waals surface area contributed by atoms with Crippen molar-refractivity contribution in [2.45, 2.75) is 4.90 Å². The number of benzene rings is 2. The first-order chi connectivity index (χ1) is 7.89. The van der Waals surface area contributed by atoms with Crippen molar-refractivity contribution in [1.82, 2.24) is 0 Å². The van der Waals surface area contributed by atoms with Crippen LogP contribution in [0.4, 0.5) is 0 Å². The van der Waals surface area contributed by atoms with Crippen molar-refractivity contribution < 1.29 is 82.0 Å². The van der Waals surface area contributed by atoms with Crippen molar-refractivity contribution in [2.75, 3.05) is 0 Å². The van der Waals surface area contributed by atoms with Crippen LogP contribution >= 0.6 is 0 Å². The minimum absolute atomic E-state index is 0. The number of carbonyl (C=O) groups is 1. The molecule has 0 heterocycles. The minimum Gasteiger partial charge on any atom is -0.744 e. The fourth-order valence-electron chi connectivity index (χ4n) is 1.60. The average Bonchev–Trinajstić information content (AvgIpc) is 2.26.